The van der Waals surface area contributed by atoms with Crippen molar-refractivity contribution in [1.82, 2.24) is 4.90 Å². The lowest BCUT2D eigenvalue weighted by molar-refractivity contribution is -0.122. The van der Waals surface area contributed by atoms with Crippen molar-refractivity contribution in [3.8, 4) is 0 Å². The molecule has 0 radical (unpaired) electrons. The monoisotopic (exact) mass is 401 g/mol. The molecule has 0 aromatic heterocycles. The third kappa shape index (κ3) is 2.92. The Morgan fingerprint density at radius 1 is 1.08 bits per heavy atom. The number of likely N-dealkylation sites (N-methyl/N-ethyl adjacent to an activating group) is 1. The lowest BCUT2D eigenvalue weighted by Gasteiger charge is -2.15. The number of hydrogen-bond acceptors (Lipinski definition) is 5. The first-order valence-electron chi connectivity index (χ1n) is 8.18. The Balaban J connectivity index is 1.75. The zero-order valence-corrected chi connectivity index (χ0v) is 16.7. The van der Waals surface area contributed by atoms with E-state index in [0.717, 1.165) is 15.6 Å². The predicted octanol–water partition coefficient (Wildman–Crippen LogP) is 5.33. The zero-order valence-electron chi connectivity index (χ0n) is 14.3. The molecule has 0 aliphatic carbocycles. The SMILES string of the molecule is CCN1C(=O)/C(=C2/Sc3ccccc3N2C)SC1=Nc1ccccc1Cl. The second-order valence-corrected chi connectivity index (χ2v) is 8.18. The van der Waals surface area contributed by atoms with Crippen molar-refractivity contribution in [2.75, 3.05) is 18.5 Å². The van der Waals surface area contributed by atoms with Crippen molar-refractivity contribution in [3.05, 3.63) is 63.5 Å². The van der Waals surface area contributed by atoms with Gasteiger partial charge in [0, 0.05) is 18.5 Å². The number of fused-ring (bicyclic) bond motifs is 1. The third-order valence-corrected chi connectivity index (χ3v) is 6.93. The van der Waals surface area contributed by atoms with Gasteiger partial charge in [-0.15, -0.1) is 0 Å². The average molecular weight is 402 g/mol. The minimum absolute atomic E-state index is 0.00883. The summed E-state index contributed by atoms with van der Waals surface area (Å²) < 4.78 is 0. The maximum Gasteiger partial charge on any atom is 0.269 e. The molecule has 2 aliphatic rings. The van der Waals surface area contributed by atoms with Gasteiger partial charge in [0.25, 0.3) is 5.91 Å². The lowest BCUT2D eigenvalue weighted by atomic mass is 10.3. The fraction of sp³-hybridized carbons (Fsp3) is 0.158. The molecule has 2 heterocycles. The molecule has 2 aromatic carbocycles. The van der Waals surface area contributed by atoms with Crippen LogP contribution in [0.5, 0.6) is 0 Å². The smallest absolute Gasteiger partial charge is 0.269 e. The Morgan fingerprint density at radius 3 is 2.54 bits per heavy atom. The number of amides is 1. The molecule has 132 valence electrons. The normalized spacial score (nSPS) is 21.0. The number of benzene rings is 2. The Labute approximate surface area is 165 Å². The Kier molecular flexibility index (Phi) is 4.73. The van der Waals surface area contributed by atoms with Gasteiger partial charge in [0.15, 0.2) is 5.17 Å². The van der Waals surface area contributed by atoms with E-state index in [2.05, 4.69) is 22.0 Å². The topological polar surface area (TPSA) is 35.9 Å². The van der Waals surface area contributed by atoms with Gasteiger partial charge in [-0.1, -0.05) is 47.6 Å². The van der Waals surface area contributed by atoms with Crippen LogP contribution in [-0.4, -0.2) is 29.6 Å². The highest BCUT2D eigenvalue weighted by atomic mass is 35.5. The Morgan fingerprint density at radius 2 is 1.81 bits per heavy atom. The first-order chi connectivity index (χ1) is 12.6. The van der Waals surface area contributed by atoms with Crippen molar-refractivity contribution in [1.29, 1.82) is 0 Å². The van der Waals surface area contributed by atoms with E-state index in [4.69, 9.17) is 11.6 Å². The van der Waals surface area contributed by atoms with Gasteiger partial charge in [0.05, 0.1) is 21.4 Å². The number of anilines is 1. The van der Waals surface area contributed by atoms with Gasteiger partial charge >= 0.3 is 0 Å². The molecule has 0 bridgehead atoms. The van der Waals surface area contributed by atoms with Gasteiger partial charge in [-0.3, -0.25) is 9.69 Å². The van der Waals surface area contributed by atoms with Crippen molar-refractivity contribution < 1.29 is 4.79 Å². The Hall–Kier alpha value is -1.89. The molecule has 7 heteroatoms. The highest BCUT2D eigenvalue weighted by Gasteiger charge is 2.38. The molecule has 2 aromatic rings. The summed E-state index contributed by atoms with van der Waals surface area (Å²) in [6.07, 6.45) is 0. The van der Waals surface area contributed by atoms with Crippen LogP contribution in [0, 0.1) is 0 Å². The number of hydrogen-bond donors (Lipinski definition) is 0. The molecule has 0 N–H and O–H groups in total. The molecule has 1 fully saturated rings. The molecule has 4 rings (SSSR count). The summed E-state index contributed by atoms with van der Waals surface area (Å²) in [5.74, 6) is -0.00883. The molecule has 0 unspecified atom stereocenters. The summed E-state index contributed by atoms with van der Waals surface area (Å²) in [6, 6.07) is 15.6. The number of carbonyl (C=O) groups excluding carboxylic acids is 1. The van der Waals surface area contributed by atoms with E-state index in [9.17, 15) is 4.79 Å². The molecule has 1 amide bonds. The van der Waals surface area contributed by atoms with Crippen molar-refractivity contribution >= 4 is 57.6 Å². The van der Waals surface area contributed by atoms with Crippen LogP contribution in [0.25, 0.3) is 0 Å². The maximum atomic E-state index is 13.0. The highest BCUT2D eigenvalue weighted by Crippen LogP contribution is 2.50. The van der Waals surface area contributed by atoms with E-state index in [-0.39, 0.29) is 5.91 Å². The summed E-state index contributed by atoms with van der Waals surface area (Å²) in [5, 5.41) is 2.19. The van der Waals surface area contributed by atoms with Gasteiger partial charge < -0.3 is 4.90 Å². The van der Waals surface area contributed by atoms with Crippen LogP contribution in [0.15, 0.2) is 68.4 Å². The fourth-order valence-corrected chi connectivity index (χ4v) is 5.42. The first kappa shape index (κ1) is 17.5. The van der Waals surface area contributed by atoms with Gasteiger partial charge in [-0.05, 0) is 43.0 Å². The fourth-order valence-electron chi connectivity index (χ4n) is 2.84. The van der Waals surface area contributed by atoms with Crippen LogP contribution >= 0.6 is 35.1 Å². The number of para-hydroxylation sites is 2. The van der Waals surface area contributed by atoms with E-state index in [1.165, 1.54) is 11.8 Å². The molecular weight excluding hydrogens is 386 g/mol. The number of carbonyl (C=O) groups is 1. The van der Waals surface area contributed by atoms with Crippen molar-refractivity contribution in [2.24, 2.45) is 4.99 Å². The quantitative estimate of drug-likeness (QED) is 0.637. The van der Waals surface area contributed by atoms with Crippen molar-refractivity contribution in [2.45, 2.75) is 11.8 Å². The van der Waals surface area contributed by atoms with Crippen LogP contribution in [0.2, 0.25) is 5.02 Å². The molecule has 1 saturated heterocycles. The van der Waals surface area contributed by atoms with E-state index < -0.39 is 0 Å². The summed E-state index contributed by atoms with van der Waals surface area (Å²) in [4.78, 5) is 23.3. The molecule has 0 spiro atoms. The molecule has 0 saturated carbocycles. The molecule has 0 atom stereocenters. The van der Waals surface area contributed by atoms with E-state index >= 15 is 0 Å². The lowest BCUT2D eigenvalue weighted by Crippen LogP contribution is -2.29. The summed E-state index contributed by atoms with van der Waals surface area (Å²) >= 11 is 9.27. The second kappa shape index (κ2) is 7.02. The summed E-state index contributed by atoms with van der Waals surface area (Å²) in [5.41, 5.74) is 1.79. The second-order valence-electron chi connectivity index (χ2n) is 5.76. The van der Waals surface area contributed by atoms with E-state index in [0.29, 0.717) is 27.3 Å². The van der Waals surface area contributed by atoms with Gasteiger partial charge in [-0.2, -0.15) is 0 Å². The maximum absolute atomic E-state index is 13.0. The Bertz CT molecular complexity index is 957. The minimum atomic E-state index is -0.00883. The van der Waals surface area contributed by atoms with Crippen LogP contribution in [0.1, 0.15) is 6.92 Å². The van der Waals surface area contributed by atoms with E-state index in [1.54, 1.807) is 22.7 Å². The van der Waals surface area contributed by atoms with Gasteiger partial charge in [0.2, 0.25) is 0 Å². The summed E-state index contributed by atoms with van der Waals surface area (Å²) in [6.45, 7) is 2.52. The summed E-state index contributed by atoms with van der Waals surface area (Å²) in [7, 11) is 1.99. The molecule has 26 heavy (non-hydrogen) atoms. The number of halogens is 1. The molecule has 2 aliphatic heterocycles. The van der Waals surface area contributed by atoms with E-state index in [1.807, 2.05) is 44.3 Å². The van der Waals surface area contributed by atoms with Crippen molar-refractivity contribution in [3.63, 3.8) is 0 Å². The van der Waals surface area contributed by atoms with Crippen LogP contribution in [-0.2, 0) is 4.79 Å². The highest BCUT2D eigenvalue weighted by molar-refractivity contribution is 8.19. The number of thioether (sulfide) groups is 2. The number of amidine groups is 1. The predicted molar refractivity (Wildman–Crippen MR) is 111 cm³/mol. The number of rotatable bonds is 2. The number of aliphatic imine (C=N–C) groups is 1. The molecular formula is C19H16ClN3OS2. The van der Waals surface area contributed by atoms with Gasteiger partial charge in [-0.25, -0.2) is 4.99 Å². The average Bonchev–Trinajstić information content (AvgIpc) is 3.14. The standard InChI is InChI=1S/C19H16ClN3OS2/c1-3-23-17(24)16(18-22(2)14-10-6-7-11-15(14)25-18)26-19(23)21-13-9-5-4-8-12(13)20/h4-11H,3H2,1-2H3/b18-16-,21-19?. The largest absolute Gasteiger partial charge is 0.337 e. The minimum Gasteiger partial charge on any atom is -0.337 e. The van der Waals surface area contributed by atoms with Crippen LogP contribution < -0.4 is 4.90 Å². The molecule has 4 nitrogen and oxygen atoms in total. The van der Waals surface area contributed by atoms with Crippen LogP contribution in [0.3, 0.4) is 0 Å². The first-order valence-corrected chi connectivity index (χ1v) is 10.2. The third-order valence-electron chi connectivity index (χ3n) is 4.18. The zero-order chi connectivity index (χ0) is 18.3. The number of nitrogens with zero attached hydrogens (tertiary/aromatic N) is 3. The van der Waals surface area contributed by atoms with Gasteiger partial charge in [0.1, 0.15) is 4.91 Å². The van der Waals surface area contributed by atoms with Crippen LogP contribution in [0.4, 0.5) is 11.4 Å².